The van der Waals surface area contributed by atoms with Gasteiger partial charge in [-0.3, -0.25) is 14.9 Å². The molecule has 3 amide bonds. The van der Waals surface area contributed by atoms with Gasteiger partial charge in [-0.15, -0.1) is 0 Å². The summed E-state index contributed by atoms with van der Waals surface area (Å²) in [4.78, 5) is 34.8. The predicted molar refractivity (Wildman–Crippen MR) is 62.0 cm³/mol. The second kappa shape index (κ2) is 6.95. The maximum absolute atomic E-state index is 11.7. The fourth-order valence-corrected chi connectivity index (χ4v) is 1.63. The van der Waals surface area contributed by atoms with E-state index in [4.69, 9.17) is 9.84 Å². The van der Waals surface area contributed by atoms with E-state index in [0.29, 0.717) is 19.7 Å². The molecule has 1 aliphatic heterocycles. The number of hydrogen-bond donors (Lipinski definition) is 2. The van der Waals surface area contributed by atoms with E-state index in [0.717, 1.165) is 6.42 Å². The van der Waals surface area contributed by atoms with Gasteiger partial charge in [0.15, 0.2) is 0 Å². The van der Waals surface area contributed by atoms with E-state index in [9.17, 15) is 14.4 Å². The molecular formula is C11H18N2O5. The lowest BCUT2D eigenvalue weighted by molar-refractivity contribution is -0.138. The standard InChI is InChI=1S/C11H18N2O5/c1-2-8-7-13(5-6-18-8)11(17)12-9(14)3-4-10(15)16/h8H,2-7H2,1H3,(H,15,16)(H,12,14,17). The van der Waals surface area contributed by atoms with Crippen LogP contribution in [0.25, 0.3) is 0 Å². The number of nitrogens with one attached hydrogen (secondary N) is 1. The smallest absolute Gasteiger partial charge is 0.324 e. The molecule has 0 bridgehead atoms. The van der Waals surface area contributed by atoms with E-state index in [1.165, 1.54) is 4.90 Å². The lowest BCUT2D eigenvalue weighted by atomic mass is 10.2. The van der Waals surface area contributed by atoms with Crippen LogP contribution in [0.3, 0.4) is 0 Å². The maximum Gasteiger partial charge on any atom is 0.324 e. The number of carbonyl (C=O) groups is 3. The largest absolute Gasteiger partial charge is 0.481 e. The van der Waals surface area contributed by atoms with Gasteiger partial charge in [0.05, 0.1) is 19.1 Å². The van der Waals surface area contributed by atoms with Gasteiger partial charge in [-0.05, 0) is 6.42 Å². The topological polar surface area (TPSA) is 95.9 Å². The van der Waals surface area contributed by atoms with Crippen LogP contribution in [-0.4, -0.2) is 53.7 Å². The molecule has 102 valence electrons. The molecule has 0 aromatic heterocycles. The Labute approximate surface area is 105 Å². The Kier molecular flexibility index (Phi) is 5.57. The van der Waals surface area contributed by atoms with Gasteiger partial charge >= 0.3 is 12.0 Å². The minimum Gasteiger partial charge on any atom is -0.481 e. The summed E-state index contributed by atoms with van der Waals surface area (Å²) in [6, 6.07) is -0.480. The zero-order valence-electron chi connectivity index (χ0n) is 10.3. The van der Waals surface area contributed by atoms with Crippen LogP contribution in [0.2, 0.25) is 0 Å². The van der Waals surface area contributed by atoms with Crippen LogP contribution >= 0.6 is 0 Å². The highest BCUT2D eigenvalue weighted by Gasteiger charge is 2.24. The molecule has 0 saturated carbocycles. The number of aliphatic carboxylic acids is 1. The molecule has 0 spiro atoms. The highest BCUT2D eigenvalue weighted by Crippen LogP contribution is 2.08. The summed E-state index contributed by atoms with van der Waals surface area (Å²) in [7, 11) is 0. The van der Waals surface area contributed by atoms with E-state index < -0.39 is 17.9 Å². The molecular weight excluding hydrogens is 240 g/mol. The van der Waals surface area contributed by atoms with Crippen LogP contribution in [0.1, 0.15) is 26.2 Å². The number of ether oxygens (including phenoxy) is 1. The minimum atomic E-state index is -1.06. The van der Waals surface area contributed by atoms with Crippen molar-refractivity contribution in [3.05, 3.63) is 0 Å². The molecule has 0 aliphatic carbocycles. The predicted octanol–water partition coefficient (Wildman–Crippen LogP) is 0.198. The second-order valence-electron chi connectivity index (χ2n) is 4.09. The number of carboxylic acids is 1. The number of nitrogens with zero attached hydrogens (tertiary/aromatic N) is 1. The zero-order valence-corrected chi connectivity index (χ0v) is 10.3. The molecule has 1 atom stereocenters. The number of hydrogen-bond acceptors (Lipinski definition) is 4. The van der Waals surface area contributed by atoms with E-state index in [2.05, 4.69) is 5.32 Å². The molecule has 0 radical (unpaired) electrons. The lowest BCUT2D eigenvalue weighted by Gasteiger charge is -2.32. The van der Waals surface area contributed by atoms with Crippen LogP contribution in [-0.2, 0) is 14.3 Å². The van der Waals surface area contributed by atoms with E-state index in [1.807, 2.05) is 6.92 Å². The molecule has 1 fully saturated rings. The fourth-order valence-electron chi connectivity index (χ4n) is 1.63. The van der Waals surface area contributed by atoms with Crippen molar-refractivity contribution >= 4 is 17.9 Å². The Bertz CT molecular complexity index is 331. The number of rotatable bonds is 4. The molecule has 1 heterocycles. The molecule has 2 N–H and O–H groups in total. The average molecular weight is 258 g/mol. The normalized spacial score (nSPS) is 19.4. The third-order valence-electron chi connectivity index (χ3n) is 2.69. The van der Waals surface area contributed by atoms with Crippen molar-refractivity contribution in [2.45, 2.75) is 32.3 Å². The van der Waals surface area contributed by atoms with Crippen molar-refractivity contribution in [1.29, 1.82) is 0 Å². The summed E-state index contributed by atoms with van der Waals surface area (Å²) in [5.41, 5.74) is 0. The third-order valence-corrected chi connectivity index (χ3v) is 2.69. The van der Waals surface area contributed by atoms with Gasteiger partial charge in [0.2, 0.25) is 5.91 Å². The number of morpholine rings is 1. The van der Waals surface area contributed by atoms with Crippen molar-refractivity contribution < 1.29 is 24.2 Å². The van der Waals surface area contributed by atoms with Crippen LogP contribution in [0.15, 0.2) is 0 Å². The first kappa shape index (κ1) is 14.4. The molecule has 1 saturated heterocycles. The molecule has 1 aliphatic rings. The highest BCUT2D eigenvalue weighted by molar-refractivity contribution is 5.95. The zero-order chi connectivity index (χ0) is 13.5. The number of imide groups is 1. The third kappa shape index (κ3) is 4.70. The number of carbonyl (C=O) groups excluding carboxylic acids is 2. The van der Waals surface area contributed by atoms with Crippen LogP contribution < -0.4 is 5.32 Å². The Balaban J connectivity index is 2.35. The summed E-state index contributed by atoms with van der Waals surface area (Å²) in [6.45, 7) is 3.31. The van der Waals surface area contributed by atoms with Crippen LogP contribution in [0.5, 0.6) is 0 Å². The van der Waals surface area contributed by atoms with E-state index >= 15 is 0 Å². The van der Waals surface area contributed by atoms with Crippen molar-refractivity contribution in [2.75, 3.05) is 19.7 Å². The quantitative estimate of drug-likeness (QED) is 0.750. The Morgan fingerprint density at radius 1 is 1.39 bits per heavy atom. The van der Waals surface area contributed by atoms with E-state index in [-0.39, 0.29) is 18.9 Å². The van der Waals surface area contributed by atoms with Gasteiger partial charge < -0.3 is 14.7 Å². The number of carboxylic acid groups (broad SMARTS) is 1. The monoisotopic (exact) mass is 258 g/mol. The summed E-state index contributed by atoms with van der Waals surface area (Å²) in [5.74, 6) is -1.63. The molecule has 0 aromatic rings. The van der Waals surface area contributed by atoms with Crippen LogP contribution in [0, 0.1) is 0 Å². The summed E-state index contributed by atoms with van der Waals surface area (Å²) < 4.78 is 5.41. The van der Waals surface area contributed by atoms with Gasteiger partial charge in [-0.25, -0.2) is 4.79 Å². The van der Waals surface area contributed by atoms with Crippen molar-refractivity contribution in [1.82, 2.24) is 10.2 Å². The van der Waals surface area contributed by atoms with Crippen molar-refractivity contribution in [3.63, 3.8) is 0 Å². The van der Waals surface area contributed by atoms with Crippen LogP contribution in [0.4, 0.5) is 4.79 Å². The Hall–Kier alpha value is -1.63. The summed E-state index contributed by atoms with van der Waals surface area (Å²) >= 11 is 0. The fraction of sp³-hybridized carbons (Fsp3) is 0.727. The first-order valence-corrected chi connectivity index (χ1v) is 5.95. The Morgan fingerprint density at radius 3 is 2.72 bits per heavy atom. The maximum atomic E-state index is 11.7. The van der Waals surface area contributed by atoms with Gasteiger partial charge in [0.1, 0.15) is 0 Å². The molecule has 7 heteroatoms. The minimum absolute atomic E-state index is 0.00128. The van der Waals surface area contributed by atoms with Crippen molar-refractivity contribution in [3.8, 4) is 0 Å². The lowest BCUT2D eigenvalue weighted by Crippen LogP contribution is -2.50. The first-order chi connectivity index (χ1) is 8.52. The number of urea groups is 1. The van der Waals surface area contributed by atoms with Crippen molar-refractivity contribution in [2.24, 2.45) is 0 Å². The summed E-state index contributed by atoms with van der Waals surface area (Å²) in [5, 5.41) is 10.6. The Morgan fingerprint density at radius 2 is 2.11 bits per heavy atom. The molecule has 7 nitrogen and oxygen atoms in total. The molecule has 1 rings (SSSR count). The molecule has 1 unspecified atom stereocenters. The summed E-state index contributed by atoms with van der Waals surface area (Å²) in [6.07, 6.45) is 0.331. The van der Waals surface area contributed by atoms with Gasteiger partial charge in [-0.2, -0.15) is 0 Å². The van der Waals surface area contributed by atoms with Gasteiger partial charge in [-0.1, -0.05) is 6.92 Å². The molecule has 18 heavy (non-hydrogen) atoms. The second-order valence-corrected chi connectivity index (χ2v) is 4.09. The average Bonchev–Trinajstić information content (AvgIpc) is 2.36. The number of amides is 3. The van der Waals surface area contributed by atoms with E-state index in [1.54, 1.807) is 0 Å². The highest BCUT2D eigenvalue weighted by atomic mass is 16.5. The van der Waals surface area contributed by atoms with Gasteiger partial charge in [0.25, 0.3) is 0 Å². The SMILES string of the molecule is CCC1CN(C(=O)NC(=O)CCC(=O)O)CCO1. The van der Waals surface area contributed by atoms with Gasteiger partial charge in [0, 0.05) is 19.5 Å². The molecule has 0 aromatic carbocycles. The first-order valence-electron chi connectivity index (χ1n) is 5.95.